The molecule has 3 rings (SSSR count). The number of hydrogen-bond donors (Lipinski definition) is 2. The fraction of sp³-hybridized carbons (Fsp3) is 0.471. The van der Waals surface area contributed by atoms with Crippen LogP contribution in [0.3, 0.4) is 0 Å². The maximum absolute atomic E-state index is 12.7. The maximum atomic E-state index is 12.7. The second kappa shape index (κ2) is 6.39. The average molecular weight is 349 g/mol. The van der Waals surface area contributed by atoms with E-state index in [1.165, 1.54) is 18.4 Å². The Bertz CT molecular complexity index is 723. The first-order chi connectivity index (χ1) is 11.5. The van der Waals surface area contributed by atoms with E-state index in [4.69, 9.17) is 4.74 Å². The largest absolute Gasteiger partial charge is 0.481 e. The number of carboxylic acids is 1. The van der Waals surface area contributed by atoms with Gasteiger partial charge in [-0.25, -0.2) is 4.79 Å². The van der Waals surface area contributed by atoms with Crippen LogP contribution in [-0.2, 0) is 20.7 Å². The van der Waals surface area contributed by atoms with E-state index >= 15 is 0 Å². The van der Waals surface area contributed by atoms with Gasteiger partial charge in [-0.15, -0.1) is 11.3 Å². The summed E-state index contributed by atoms with van der Waals surface area (Å²) < 4.78 is 4.76. The van der Waals surface area contributed by atoms with Gasteiger partial charge in [0.15, 0.2) is 0 Å². The van der Waals surface area contributed by atoms with Crippen LogP contribution in [0, 0.1) is 23.7 Å². The summed E-state index contributed by atoms with van der Waals surface area (Å²) in [6.45, 7) is 1.96. The van der Waals surface area contributed by atoms with Crippen LogP contribution in [0.15, 0.2) is 18.2 Å². The van der Waals surface area contributed by atoms with Crippen molar-refractivity contribution in [3.63, 3.8) is 0 Å². The SMILES string of the molecule is CCc1cc(C(=O)OC)c(NC(=O)[C@H]2[C@@H](C(=O)O)[C@@H]3C=C[C@@H]2C3)s1. The van der Waals surface area contributed by atoms with E-state index in [2.05, 4.69) is 5.32 Å². The average Bonchev–Trinajstić information content (AvgIpc) is 3.27. The van der Waals surface area contributed by atoms with Crippen molar-refractivity contribution in [2.24, 2.45) is 23.7 Å². The van der Waals surface area contributed by atoms with Crippen LogP contribution in [0.2, 0.25) is 0 Å². The van der Waals surface area contributed by atoms with E-state index in [1.54, 1.807) is 6.07 Å². The summed E-state index contributed by atoms with van der Waals surface area (Å²) in [7, 11) is 1.29. The third-order valence-corrected chi connectivity index (χ3v) is 6.02. The summed E-state index contributed by atoms with van der Waals surface area (Å²) >= 11 is 1.32. The van der Waals surface area contributed by atoms with E-state index in [1.807, 2.05) is 19.1 Å². The number of fused-ring (bicyclic) bond motifs is 2. The molecule has 2 aliphatic rings. The Labute approximate surface area is 143 Å². The number of amides is 1. The number of aryl methyl sites for hydroxylation is 1. The summed E-state index contributed by atoms with van der Waals surface area (Å²) in [6.07, 6.45) is 5.26. The number of carbonyl (C=O) groups excluding carboxylic acids is 2. The number of ether oxygens (including phenoxy) is 1. The highest BCUT2D eigenvalue weighted by atomic mass is 32.1. The van der Waals surface area contributed by atoms with Crippen LogP contribution in [0.4, 0.5) is 5.00 Å². The van der Waals surface area contributed by atoms with Gasteiger partial charge in [-0.1, -0.05) is 19.1 Å². The standard InChI is InChI=1S/C17H19NO5S/c1-3-10-7-11(17(22)23-2)15(24-10)18-14(19)12-8-4-5-9(6-8)13(12)16(20)21/h4-5,7-9,12-13H,3,6H2,1-2H3,(H,18,19)(H,20,21)/t8-,9-,12-,13+/m1/s1. The number of hydrogen-bond acceptors (Lipinski definition) is 5. The van der Waals surface area contributed by atoms with Crippen molar-refractivity contribution in [2.45, 2.75) is 19.8 Å². The molecule has 2 aliphatic carbocycles. The third kappa shape index (κ3) is 2.73. The molecule has 0 saturated heterocycles. The molecule has 7 heteroatoms. The molecule has 4 atom stereocenters. The number of anilines is 1. The number of carbonyl (C=O) groups is 3. The lowest BCUT2D eigenvalue weighted by molar-refractivity contribution is -0.146. The minimum atomic E-state index is -0.944. The van der Waals surface area contributed by atoms with Crippen molar-refractivity contribution >= 4 is 34.2 Å². The molecule has 128 valence electrons. The number of carboxylic acid groups (broad SMARTS) is 1. The van der Waals surface area contributed by atoms with Crippen molar-refractivity contribution in [1.29, 1.82) is 0 Å². The number of nitrogens with one attached hydrogen (secondary N) is 1. The highest BCUT2D eigenvalue weighted by Crippen LogP contribution is 2.48. The quantitative estimate of drug-likeness (QED) is 0.629. The Morgan fingerprint density at radius 2 is 1.96 bits per heavy atom. The fourth-order valence-electron chi connectivity index (χ4n) is 3.68. The van der Waals surface area contributed by atoms with Gasteiger partial charge in [-0.2, -0.15) is 0 Å². The first-order valence-corrected chi connectivity index (χ1v) is 8.70. The zero-order valence-corrected chi connectivity index (χ0v) is 14.3. The summed E-state index contributed by atoms with van der Waals surface area (Å²) in [5.41, 5.74) is 0.318. The highest BCUT2D eigenvalue weighted by molar-refractivity contribution is 7.16. The topological polar surface area (TPSA) is 92.7 Å². The monoisotopic (exact) mass is 349 g/mol. The molecule has 6 nitrogen and oxygen atoms in total. The lowest BCUT2D eigenvalue weighted by atomic mass is 9.82. The smallest absolute Gasteiger partial charge is 0.340 e. The normalized spacial score (nSPS) is 27.2. The number of thiophene rings is 1. The molecule has 0 aromatic carbocycles. The molecule has 1 fully saturated rings. The van der Waals surface area contributed by atoms with E-state index in [9.17, 15) is 19.5 Å². The van der Waals surface area contributed by atoms with Crippen molar-refractivity contribution in [2.75, 3.05) is 12.4 Å². The number of rotatable bonds is 5. The Morgan fingerprint density at radius 3 is 2.54 bits per heavy atom. The molecular formula is C17H19NO5S. The van der Waals surface area contributed by atoms with Gasteiger partial charge in [0.25, 0.3) is 0 Å². The lowest BCUT2D eigenvalue weighted by Crippen LogP contribution is -2.36. The third-order valence-electron chi connectivity index (χ3n) is 4.82. The molecule has 1 aromatic heterocycles. The Hall–Kier alpha value is -2.15. The zero-order valence-electron chi connectivity index (χ0n) is 13.4. The summed E-state index contributed by atoms with van der Waals surface area (Å²) in [5, 5.41) is 12.7. The summed E-state index contributed by atoms with van der Waals surface area (Å²) in [4.78, 5) is 37.1. The molecular weight excluding hydrogens is 330 g/mol. The number of methoxy groups -OCH3 is 1. The number of allylic oxidation sites excluding steroid dienone is 2. The molecule has 0 aliphatic heterocycles. The van der Waals surface area contributed by atoms with E-state index in [-0.39, 0.29) is 17.7 Å². The van der Waals surface area contributed by atoms with Crippen LogP contribution >= 0.6 is 11.3 Å². The van der Waals surface area contributed by atoms with Crippen LogP contribution in [0.1, 0.15) is 28.6 Å². The van der Waals surface area contributed by atoms with Gasteiger partial charge in [-0.05, 0) is 30.7 Å². The summed E-state index contributed by atoms with van der Waals surface area (Å²) in [5.74, 6) is -3.23. The molecule has 1 saturated carbocycles. The van der Waals surface area contributed by atoms with Crippen LogP contribution in [0.5, 0.6) is 0 Å². The van der Waals surface area contributed by atoms with Gasteiger partial charge in [0.1, 0.15) is 5.00 Å². The minimum absolute atomic E-state index is 0.0525. The molecule has 24 heavy (non-hydrogen) atoms. The van der Waals surface area contributed by atoms with E-state index in [0.29, 0.717) is 17.0 Å². The molecule has 2 N–H and O–H groups in total. The Kier molecular flexibility index (Phi) is 4.45. The van der Waals surface area contributed by atoms with Gasteiger partial charge in [0.2, 0.25) is 5.91 Å². The number of esters is 1. The van der Waals surface area contributed by atoms with E-state index in [0.717, 1.165) is 11.3 Å². The van der Waals surface area contributed by atoms with Crippen LogP contribution in [0.25, 0.3) is 0 Å². The predicted molar refractivity (Wildman–Crippen MR) is 89.0 cm³/mol. The Morgan fingerprint density at radius 1 is 1.29 bits per heavy atom. The molecule has 0 radical (unpaired) electrons. The van der Waals surface area contributed by atoms with Crippen molar-refractivity contribution in [3.8, 4) is 0 Å². The predicted octanol–water partition coefficient (Wildman–Crippen LogP) is 2.56. The number of aliphatic carboxylic acids is 1. The van der Waals surface area contributed by atoms with Gasteiger partial charge < -0.3 is 15.2 Å². The van der Waals surface area contributed by atoms with Crippen molar-refractivity contribution in [1.82, 2.24) is 0 Å². The second-order valence-corrected chi connectivity index (χ2v) is 7.26. The lowest BCUT2D eigenvalue weighted by Gasteiger charge is -2.23. The Balaban J connectivity index is 1.85. The molecule has 1 aromatic rings. The van der Waals surface area contributed by atoms with Gasteiger partial charge in [0, 0.05) is 4.88 Å². The minimum Gasteiger partial charge on any atom is -0.481 e. The van der Waals surface area contributed by atoms with Gasteiger partial charge in [0.05, 0.1) is 24.5 Å². The van der Waals surface area contributed by atoms with Crippen molar-refractivity contribution < 1.29 is 24.2 Å². The van der Waals surface area contributed by atoms with Gasteiger partial charge in [-0.3, -0.25) is 9.59 Å². The molecule has 0 unspecified atom stereocenters. The maximum Gasteiger partial charge on any atom is 0.340 e. The van der Waals surface area contributed by atoms with Gasteiger partial charge >= 0.3 is 11.9 Å². The second-order valence-electron chi connectivity index (χ2n) is 6.13. The van der Waals surface area contributed by atoms with Crippen molar-refractivity contribution in [3.05, 3.63) is 28.7 Å². The zero-order chi connectivity index (χ0) is 17.4. The molecule has 1 amide bonds. The fourth-order valence-corrected chi connectivity index (χ4v) is 4.67. The molecule has 1 heterocycles. The highest BCUT2D eigenvalue weighted by Gasteiger charge is 2.51. The van der Waals surface area contributed by atoms with E-state index < -0.39 is 23.8 Å². The molecule has 0 spiro atoms. The first-order valence-electron chi connectivity index (χ1n) is 7.89. The van der Waals surface area contributed by atoms with Crippen LogP contribution in [-0.4, -0.2) is 30.1 Å². The summed E-state index contributed by atoms with van der Waals surface area (Å²) in [6, 6.07) is 1.71. The molecule has 2 bridgehead atoms. The van der Waals surface area contributed by atoms with Crippen LogP contribution < -0.4 is 5.32 Å². The first kappa shape index (κ1) is 16.7.